The van der Waals surface area contributed by atoms with Gasteiger partial charge in [-0.15, -0.1) is 0 Å². The lowest BCUT2D eigenvalue weighted by Gasteiger charge is -2.15. The predicted octanol–water partition coefficient (Wildman–Crippen LogP) is 5.41. The van der Waals surface area contributed by atoms with Crippen molar-refractivity contribution in [1.29, 1.82) is 0 Å². The summed E-state index contributed by atoms with van der Waals surface area (Å²) in [5.41, 5.74) is 2.92. The quantitative estimate of drug-likeness (QED) is 0.572. The van der Waals surface area contributed by atoms with Gasteiger partial charge >= 0.3 is 5.97 Å². The second-order valence-electron chi connectivity index (χ2n) is 6.80. The largest absolute Gasteiger partial charge is 0.478 e. The second-order valence-corrected chi connectivity index (χ2v) is 7.20. The van der Waals surface area contributed by atoms with Crippen molar-refractivity contribution in [2.45, 2.75) is 13.8 Å². The minimum Gasteiger partial charge on any atom is -0.478 e. The van der Waals surface area contributed by atoms with Crippen molar-refractivity contribution in [2.24, 2.45) is 5.10 Å². The number of benzene rings is 2. The van der Waals surface area contributed by atoms with Crippen LogP contribution in [0.25, 0.3) is 17.4 Å². The first-order chi connectivity index (χ1) is 14.4. The number of nitrogens with zero attached hydrogens (tertiary/aromatic N) is 2. The number of hydrazone groups is 1. The van der Waals surface area contributed by atoms with Crippen LogP contribution >= 0.6 is 11.6 Å². The summed E-state index contributed by atoms with van der Waals surface area (Å²) in [5, 5.41) is 15.6. The Morgan fingerprint density at radius 3 is 2.63 bits per heavy atom. The average Bonchev–Trinajstić information content (AvgIpc) is 3.30. The number of carboxylic acid groups (broad SMARTS) is 1. The molecule has 2 heterocycles. The van der Waals surface area contributed by atoms with E-state index in [1.165, 1.54) is 11.1 Å². The Balaban J connectivity index is 1.67. The van der Waals surface area contributed by atoms with E-state index in [0.29, 0.717) is 39.1 Å². The number of halogens is 1. The molecule has 1 aliphatic heterocycles. The zero-order chi connectivity index (χ0) is 21.4. The van der Waals surface area contributed by atoms with Gasteiger partial charge in [-0.05, 0) is 55.8 Å². The summed E-state index contributed by atoms with van der Waals surface area (Å²) in [7, 11) is 0. The van der Waals surface area contributed by atoms with E-state index >= 15 is 0 Å². The summed E-state index contributed by atoms with van der Waals surface area (Å²) < 4.78 is 5.82. The van der Waals surface area contributed by atoms with E-state index in [1.807, 2.05) is 6.92 Å². The van der Waals surface area contributed by atoms with Gasteiger partial charge < -0.3 is 9.52 Å². The highest BCUT2D eigenvalue weighted by molar-refractivity contribution is 6.34. The van der Waals surface area contributed by atoms with Crippen LogP contribution in [-0.2, 0) is 4.79 Å². The third-order valence-electron chi connectivity index (χ3n) is 4.87. The van der Waals surface area contributed by atoms with E-state index in [-0.39, 0.29) is 11.5 Å². The Kier molecular flexibility index (Phi) is 5.01. The van der Waals surface area contributed by atoms with Gasteiger partial charge in [-0.2, -0.15) is 10.1 Å². The van der Waals surface area contributed by atoms with Crippen molar-refractivity contribution in [2.75, 3.05) is 5.01 Å². The maximum absolute atomic E-state index is 13.0. The van der Waals surface area contributed by atoms with Gasteiger partial charge in [-0.3, -0.25) is 4.79 Å². The van der Waals surface area contributed by atoms with E-state index in [9.17, 15) is 14.7 Å². The highest BCUT2D eigenvalue weighted by Crippen LogP contribution is 2.32. The van der Waals surface area contributed by atoms with E-state index in [2.05, 4.69) is 5.10 Å². The van der Waals surface area contributed by atoms with Crippen LogP contribution in [0.3, 0.4) is 0 Å². The van der Waals surface area contributed by atoms with Crippen LogP contribution < -0.4 is 5.01 Å². The van der Waals surface area contributed by atoms with Gasteiger partial charge in [0.05, 0.1) is 22.5 Å². The molecule has 0 atom stereocenters. The van der Waals surface area contributed by atoms with Crippen LogP contribution in [0.5, 0.6) is 0 Å². The lowest BCUT2D eigenvalue weighted by molar-refractivity contribution is -0.114. The standard InChI is InChI=1S/C23H17ClN2O4/c1-13-19(24)8-5-9-20(13)26-22(27)18(14(2)25-26)12-15-10-11-21(30-15)16-6-3-4-7-17(16)23(28)29/h3-12H,1-2H3,(H,28,29)/b18-12-. The fourth-order valence-electron chi connectivity index (χ4n) is 3.28. The zero-order valence-electron chi connectivity index (χ0n) is 16.2. The predicted molar refractivity (Wildman–Crippen MR) is 116 cm³/mol. The van der Waals surface area contributed by atoms with Crippen molar-refractivity contribution < 1.29 is 19.1 Å². The van der Waals surface area contributed by atoms with Crippen molar-refractivity contribution >= 4 is 41.0 Å². The Bertz CT molecular complexity index is 1240. The molecule has 4 rings (SSSR count). The van der Waals surface area contributed by atoms with E-state index in [0.717, 1.165) is 5.56 Å². The van der Waals surface area contributed by atoms with Crippen molar-refractivity contribution in [3.05, 3.63) is 82.1 Å². The van der Waals surface area contributed by atoms with Crippen LogP contribution in [0.2, 0.25) is 5.02 Å². The number of carbonyl (C=O) groups excluding carboxylic acids is 1. The summed E-state index contributed by atoms with van der Waals surface area (Å²) in [4.78, 5) is 24.4. The molecule has 30 heavy (non-hydrogen) atoms. The number of hydrogen-bond acceptors (Lipinski definition) is 4. The molecule has 6 nitrogen and oxygen atoms in total. The molecule has 0 unspecified atom stereocenters. The monoisotopic (exact) mass is 420 g/mol. The molecule has 1 aliphatic rings. The minimum atomic E-state index is -1.04. The molecule has 0 saturated carbocycles. The minimum absolute atomic E-state index is 0.142. The maximum atomic E-state index is 13.0. The number of rotatable bonds is 4. The van der Waals surface area contributed by atoms with Crippen molar-refractivity contribution in [3.8, 4) is 11.3 Å². The van der Waals surface area contributed by atoms with E-state index in [4.69, 9.17) is 16.0 Å². The Labute approximate surface area is 177 Å². The van der Waals surface area contributed by atoms with Gasteiger partial charge in [0.2, 0.25) is 0 Å². The fourth-order valence-corrected chi connectivity index (χ4v) is 3.44. The second kappa shape index (κ2) is 7.65. The summed E-state index contributed by atoms with van der Waals surface area (Å²) in [5.74, 6) is -0.500. The van der Waals surface area contributed by atoms with E-state index < -0.39 is 5.97 Å². The number of anilines is 1. The maximum Gasteiger partial charge on any atom is 0.336 e. The number of aromatic carboxylic acids is 1. The number of amides is 1. The molecule has 1 amide bonds. The van der Waals surface area contributed by atoms with Gasteiger partial charge in [0.25, 0.3) is 5.91 Å². The lowest BCUT2D eigenvalue weighted by Crippen LogP contribution is -2.22. The molecular formula is C23H17ClN2O4. The SMILES string of the molecule is CC1=NN(c2cccc(Cl)c2C)C(=O)/C1=C\c1ccc(-c2ccccc2C(=O)O)o1. The molecule has 0 aliphatic carbocycles. The van der Waals surface area contributed by atoms with Crippen LogP contribution in [-0.4, -0.2) is 22.7 Å². The van der Waals surface area contributed by atoms with Gasteiger partial charge in [0.15, 0.2) is 0 Å². The molecule has 1 N–H and O–H groups in total. The number of hydrogen-bond donors (Lipinski definition) is 1. The molecule has 0 bridgehead atoms. The molecule has 0 saturated heterocycles. The lowest BCUT2D eigenvalue weighted by atomic mass is 10.1. The molecule has 0 fully saturated rings. The molecule has 0 spiro atoms. The highest BCUT2D eigenvalue weighted by atomic mass is 35.5. The average molecular weight is 421 g/mol. The Morgan fingerprint density at radius 1 is 1.10 bits per heavy atom. The molecular weight excluding hydrogens is 404 g/mol. The first kappa shape index (κ1) is 19.7. The van der Waals surface area contributed by atoms with Crippen LogP contribution in [0.1, 0.15) is 28.6 Å². The van der Waals surface area contributed by atoms with Crippen LogP contribution in [0.15, 0.2) is 69.7 Å². The number of carboxylic acids is 1. The highest BCUT2D eigenvalue weighted by Gasteiger charge is 2.30. The fraction of sp³-hybridized carbons (Fsp3) is 0.0870. The molecule has 1 aromatic heterocycles. The zero-order valence-corrected chi connectivity index (χ0v) is 17.0. The van der Waals surface area contributed by atoms with Gasteiger partial charge in [0, 0.05) is 10.6 Å². The summed E-state index contributed by atoms with van der Waals surface area (Å²) in [6.07, 6.45) is 1.61. The molecule has 2 aromatic carbocycles. The smallest absolute Gasteiger partial charge is 0.336 e. The van der Waals surface area contributed by atoms with Gasteiger partial charge in [-0.25, -0.2) is 4.79 Å². The van der Waals surface area contributed by atoms with Crippen molar-refractivity contribution in [1.82, 2.24) is 0 Å². The number of furan rings is 1. The van der Waals surface area contributed by atoms with Gasteiger partial charge in [-0.1, -0.05) is 35.9 Å². The molecule has 7 heteroatoms. The molecule has 150 valence electrons. The first-order valence-corrected chi connectivity index (χ1v) is 9.54. The van der Waals surface area contributed by atoms with Crippen LogP contribution in [0, 0.1) is 6.92 Å². The molecule has 3 aromatic rings. The summed E-state index contributed by atoms with van der Waals surface area (Å²) in [6.45, 7) is 3.57. The Hall–Kier alpha value is -3.64. The first-order valence-electron chi connectivity index (χ1n) is 9.16. The normalized spacial score (nSPS) is 15.0. The summed E-state index contributed by atoms with van der Waals surface area (Å²) >= 11 is 6.18. The van der Waals surface area contributed by atoms with Crippen molar-refractivity contribution in [3.63, 3.8) is 0 Å². The Morgan fingerprint density at radius 2 is 1.87 bits per heavy atom. The van der Waals surface area contributed by atoms with Gasteiger partial charge in [0.1, 0.15) is 11.5 Å². The third kappa shape index (κ3) is 3.42. The van der Waals surface area contributed by atoms with E-state index in [1.54, 1.807) is 61.5 Å². The number of carbonyl (C=O) groups is 2. The third-order valence-corrected chi connectivity index (χ3v) is 5.28. The topological polar surface area (TPSA) is 83.1 Å². The summed E-state index contributed by atoms with van der Waals surface area (Å²) in [6, 6.07) is 15.3. The molecule has 0 radical (unpaired) electrons. The van der Waals surface area contributed by atoms with Crippen LogP contribution in [0.4, 0.5) is 5.69 Å².